The van der Waals surface area contributed by atoms with E-state index in [-0.39, 0.29) is 38.5 Å². The van der Waals surface area contributed by atoms with Gasteiger partial charge in [-0.3, -0.25) is 4.79 Å². The predicted molar refractivity (Wildman–Crippen MR) is 128 cm³/mol. The standard InChI is InChI=1S/C24H19ClF2N8O3/c25-15-2-4-17(33-11-29-31-32-33)21(23(15)27)12-7-13-1-3-18(35(13)20(37)8-12)24-28-9-16(30-24)14-5-6-34(38)19(10-36)22(14)26/h2,4-6,8-9,11,13,18,36H,1,3,7,10H2,(H,28,30)/t13-,18+/m1/s1/i10D2. The molecular weight excluding hydrogens is 522 g/mol. The molecule has 38 heavy (non-hydrogen) atoms. The smallest absolute Gasteiger partial charge is 0.254 e. The van der Waals surface area contributed by atoms with Gasteiger partial charge in [0.15, 0.2) is 12.0 Å². The number of aromatic nitrogens is 7. The molecule has 3 aromatic heterocycles. The number of pyridine rings is 1. The second kappa shape index (κ2) is 9.26. The second-order valence-corrected chi connectivity index (χ2v) is 9.29. The maximum Gasteiger partial charge on any atom is 0.254 e. The number of carbonyl (C=O) groups is 1. The van der Waals surface area contributed by atoms with Crippen LogP contribution in [0.2, 0.25) is 5.02 Å². The van der Waals surface area contributed by atoms with Gasteiger partial charge in [-0.15, -0.1) is 5.10 Å². The van der Waals surface area contributed by atoms with E-state index in [1.165, 1.54) is 29.3 Å². The van der Waals surface area contributed by atoms with E-state index in [0.29, 0.717) is 36.3 Å². The third-order valence-corrected chi connectivity index (χ3v) is 7.14. The van der Waals surface area contributed by atoms with Gasteiger partial charge in [0.05, 0.1) is 31.4 Å². The average Bonchev–Trinajstić information content (AvgIpc) is 3.66. The van der Waals surface area contributed by atoms with E-state index in [0.717, 1.165) is 12.3 Å². The van der Waals surface area contributed by atoms with Crippen molar-refractivity contribution in [2.45, 2.75) is 37.9 Å². The van der Waals surface area contributed by atoms with Gasteiger partial charge in [-0.25, -0.2) is 9.37 Å². The van der Waals surface area contributed by atoms with Crippen molar-refractivity contribution in [2.75, 3.05) is 0 Å². The van der Waals surface area contributed by atoms with E-state index in [9.17, 15) is 15.1 Å². The number of hydrogen-bond donors (Lipinski definition) is 2. The van der Waals surface area contributed by atoms with Gasteiger partial charge in [0.1, 0.15) is 18.7 Å². The number of aromatic amines is 1. The Hall–Kier alpha value is -4.23. The molecule has 11 nitrogen and oxygen atoms in total. The van der Waals surface area contributed by atoms with Crippen LogP contribution in [0, 0.1) is 16.8 Å². The molecule has 2 aliphatic heterocycles. The fourth-order valence-corrected chi connectivity index (χ4v) is 5.33. The number of rotatable bonds is 5. The van der Waals surface area contributed by atoms with Gasteiger partial charge in [0.2, 0.25) is 11.7 Å². The van der Waals surface area contributed by atoms with Crippen LogP contribution in [0.25, 0.3) is 22.5 Å². The average molecular weight is 543 g/mol. The van der Waals surface area contributed by atoms with Gasteiger partial charge in [-0.1, -0.05) is 11.6 Å². The van der Waals surface area contributed by atoms with E-state index >= 15 is 8.78 Å². The number of tetrazole rings is 1. The SMILES string of the molecule is [2H]C([2H])(O)c1c(F)c(-c2cnc([C@@H]3CC[C@@H]4CC(c5c(-n6cnnn6)ccc(Cl)c5F)=CC(=O)N43)[nH]2)cc[n+]1[O-]. The Labute approximate surface area is 221 Å². The molecule has 2 atom stereocenters. The largest absolute Gasteiger partial charge is 0.618 e. The monoisotopic (exact) mass is 542 g/mol. The molecule has 6 rings (SSSR count). The van der Waals surface area contributed by atoms with Crippen LogP contribution in [0.5, 0.6) is 0 Å². The number of amides is 1. The molecule has 0 aliphatic carbocycles. The Morgan fingerprint density at radius 3 is 2.89 bits per heavy atom. The highest BCUT2D eigenvalue weighted by molar-refractivity contribution is 6.31. The third-order valence-electron chi connectivity index (χ3n) is 6.85. The lowest BCUT2D eigenvalue weighted by atomic mass is 9.92. The zero-order valence-corrected chi connectivity index (χ0v) is 20.1. The number of imidazole rings is 1. The summed E-state index contributed by atoms with van der Waals surface area (Å²) in [7, 11) is 0. The number of fused-ring (bicyclic) bond motifs is 1. The van der Waals surface area contributed by atoms with Crippen molar-refractivity contribution in [1.29, 1.82) is 0 Å². The Morgan fingerprint density at radius 2 is 2.13 bits per heavy atom. The normalized spacial score (nSPS) is 20.3. The summed E-state index contributed by atoms with van der Waals surface area (Å²) in [5, 5.41) is 32.4. The summed E-state index contributed by atoms with van der Waals surface area (Å²) in [5.41, 5.74) is -0.213. The van der Waals surface area contributed by atoms with Crippen molar-refractivity contribution < 1.29 is 26.2 Å². The molecule has 1 fully saturated rings. The summed E-state index contributed by atoms with van der Waals surface area (Å²) in [6.07, 6.45) is 6.28. The maximum atomic E-state index is 15.3. The van der Waals surface area contributed by atoms with Crippen LogP contribution in [0.15, 0.2) is 43.0 Å². The van der Waals surface area contributed by atoms with E-state index in [2.05, 4.69) is 25.5 Å². The predicted octanol–water partition coefficient (Wildman–Crippen LogP) is 2.63. The lowest BCUT2D eigenvalue weighted by Crippen LogP contribution is -2.39. The number of nitrogens with zero attached hydrogens (tertiary/aromatic N) is 7. The van der Waals surface area contributed by atoms with Crippen LogP contribution in [-0.2, 0) is 11.4 Å². The fraction of sp³-hybridized carbons (Fsp3) is 0.250. The molecule has 194 valence electrons. The van der Waals surface area contributed by atoms with Crippen molar-refractivity contribution in [1.82, 2.24) is 35.1 Å². The Morgan fingerprint density at radius 1 is 1.29 bits per heavy atom. The highest BCUT2D eigenvalue weighted by Crippen LogP contribution is 2.44. The van der Waals surface area contributed by atoms with Crippen molar-refractivity contribution >= 4 is 23.1 Å². The molecule has 0 bridgehead atoms. The van der Waals surface area contributed by atoms with Gasteiger partial charge in [-0.05, 0) is 47.4 Å². The number of halogens is 3. The molecule has 2 N–H and O–H groups in total. The number of H-pyrrole nitrogens is 1. The molecule has 2 aliphatic rings. The van der Waals surface area contributed by atoms with Crippen LogP contribution >= 0.6 is 11.6 Å². The van der Waals surface area contributed by atoms with Crippen LogP contribution in [0.1, 0.15) is 45.1 Å². The van der Waals surface area contributed by atoms with E-state index in [1.807, 2.05) is 0 Å². The van der Waals surface area contributed by atoms with Crippen LogP contribution < -0.4 is 4.73 Å². The Balaban J connectivity index is 1.33. The summed E-state index contributed by atoms with van der Waals surface area (Å²) in [4.78, 5) is 22.3. The van der Waals surface area contributed by atoms with Crippen molar-refractivity contribution in [3.63, 3.8) is 0 Å². The maximum absolute atomic E-state index is 15.3. The highest BCUT2D eigenvalue weighted by Gasteiger charge is 2.42. The van der Waals surface area contributed by atoms with Crippen LogP contribution in [-0.4, -0.2) is 52.1 Å². The molecule has 0 saturated carbocycles. The molecule has 0 unspecified atom stereocenters. The first kappa shape index (κ1) is 21.8. The van der Waals surface area contributed by atoms with Gasteiger partial charge >= 0.3 is 0 Å². The van der Waals surface area contributed by atoms with E-state index in [1.54, 1.807) is 11.0 Å². The quantitative estimate of drug-likeness (QED) is 0.292. The van der Waals surface area contributed by atoms with Gasteiger partial charge in [0, 0.05) is 29.3 Å². The van der Waals surface area contributed by atoms with E-state index in [4.69, 9.17) is 14.3 Å². The van der Waals surface area contributed by atoms with Crippen LogP contribution in [0.4, 0.5) is 8.78 Å². The lowest BCUT2D eigenvalue weighted by molar-refractivity contribution is -0.618. The molecule has 1 amide bonds. The number of aliphatic hydroxyl groups is 1. The minimum absolute atomic E-state index is 0.0818. The van der Waals surface area contributed by atoms with Gasteiger partial charge in [-0.2, -0.15) is 13.8 Å². The zero-order valence-electron chi connectivity index (χ0n) is 21.3. The first-order chi connectivity index (χ1) is 19.0. The van der Waals surface area contributed by atoms with Crippen molar-refractivity contribution in [2.24, 2.45) is 0 Å². The summed E-state index contributed by atoms with van der Waals surface area (Å²) < 4.78 is 46.3. The second-order valence-electron chi connectivity index (χ2n) is 8.89. The highest BCUT2D eigenvalue weighted by atomic mass is 35.5. The molecule has 4 aromatic rings. The third kappa shape index (κ3) is 3.82. The number of benzene rings is 1. The molecular formula is C24H19ClF2N8O3. The number of nitrogens with one attached hydrogen (secondary N) is 1. The first-order valence-electron chi connectivity index (χ1n) is 12.5. The Bertz CT molecular complexity index is 1680. The van der Waals surface area contributed by atoms with Crippen molar-refractivity contribution in [3.8, 4) is 16.9 Å². The van der Waals surface area contributed by atoms with Gasteiger partial charge in [0.25, 0.3) is 5.69 Å². The minimum atomic E-state index is -3.21. The lowest BCUT2D eigenvalue weighted by Gasteiger charge is -2.33. The number of hydrogen-bond acceptors (Lipinski definition) is 7. The van der Waals surface area contributed by atoms with E-state index < -0.39 is 29.9 Å². The minimum Gasteiger partial charge on any atom is -0.618 e. The first-order valence-corrected chi connectivity index (χ1v) is 11.9. The zero-order chi connectivity index (χ0) is 28.3. The van der Waals surface area contributed by atoms with Crippen LogP contribution in [0.3, 0.4) is 0 Å². The molecule has 1 aromatic carbocycles. The summed E-state index contributed by atoms with van der Waals surface area (Å²) in [6.45, 7) is -3.21. The number of carbonyl (C=O) groups excluding carboxylic acids is 1. The summed E-state index contributed by atoms with van der Waals surface area (Å²) in [5.74, 6) is -1.95. The molecule has 0 radical (unpaired) electrons. The van der Waals surface area contributed by atoms with Crippen molar-refractivity contribution in [3.05, 3.63) is 81.9 Å². The summed E-state index contributed by atoms with van der Waals surface area (Å²) >= 11 is 6.07. The molecule has 5 heterocycles. The molecule has 0 spiro atoms. The topological polar surface area (TPSA) is 140 Å². The van der Waals surface area contributed by atoms with Gasteiger partial charge < -0.3 is 20.2 Å². The molecule has 14 heteroatoms. The summed E-state index contributed by atoms with van der Waals surface area (Å²) in [6, 6.07) is 3.31. The molecule has 1 saturated heterocycles. The Kier molecular flexibility index (Phi) is 5.32. The fourth-order valence-electron chi connectivity index (χ4n) is 5.17.